The van der Waals surface area contributed by atoms with Crippen molar-refractivity contribution in [3.8, 4) is 0 Å². The zero-order chi connectivity index (χ0) is 16.8. The molecule has 0 saturated carbocycles. The number of carbonyl (C=O) groups excluding carboxylic acids is 1. The highest BCUT2D eigenvalue weighted by atomic mass is 79.9. The van der Waals surface area contributed by atoms with E-state index in [-0.39, 0.29) is 11.9 Å². The molecule has 122 valence electrons. The summed E-state index contributed by atoms with van der Waals surface area (Å²) in [5.41, 5.74) is 2.17. The second-order valence-electron chi connectivity index (χ2n) is 5.64. The molecule has 1 amide bonds. The number of hydrogen-bond donors (Lipinski definition) is 1. The van der Waals surface area contributed by atoms with E-state index in [9.17, 15) is 4.79 Å². The van der Waals surface area contributed by atoms with Crippen LogP contribution in [0.25, 0.3) is 0 Å². The maximum Gasteiger partial charge on any atom is 0.234 e. The number of nitrogens with one attached hydrogen (secondary N) is 1. The van der Waals surface area contributed by atoms with E-state index in [2.05, 4.69) is 21.2 Å². The van der Waals surface area contributed by atoms with Gasteiger partial charge in [0, 0.05) is 16.0 Å². The van der Waals surface area contributed by atoms with Crippen LogP contribution < -0.4 is 5.32 Å². The molecule has 0 aliphatic carbocycles. The molecule has 2 rings (SSSR count). The highest BCUT2D eigenvalue weighted by Crippen LogP contribution is 2.17. The minimum atomic E-state index is -0.0673. The Kier molecular flexibility index (Phi) is 6.63. The lowest BCUT2D eigenvalue weighted by atomic mass is 10.1. The van der Waals surface area contributed by atoms with E-state index < -0.39 is 0 Å². The van der Waals surface area contributed by atoms with Gasteiger partial charge in [0.1, 0.15) is 0 Å². The van der Waals surface area contributed by atoms with Crippen molar-refractivity contribution < 1.29 is 4.79 Å². The molecule has 0 saturated heterocycles. The average molecular weight is 396 g/mol. The van der Waals surface area contributed by atoms with Crippen molar-refractivity contribution >= 4 is 33.4 Å². The van der Waals surface area contributed by atoms with Gasteiger partial charge in [-0.2, -0.15) is 0 Å². The summed E-state index contributed by atoms with van der Waals surface area (Å²) in [5.74, 6) is -0.00270. The Balaban J connectivity index is 1.85. The Hall–Kier alpha value is -1.36. The van der Waals surface area contributed by atoms with Crippen LogP contribution in [-0.2, 0) is 11.3 Å². The molecule has 5 heteroatoms. The highest BCUT2D eigenvalue weighted by Gasteiger charge is 2.12. The largest absolute Gasteiger partial charge is 0.348 e. The van der Waals surface area contributed by atoms with Crippen LogP contribution in [0.5, 0.6) is 0 Å². The third-order valence-corrected chi connectivity index (χ3v) is 4.27. The Morgan fingerprint density at radius 2 is 1.96 bits per heavy atom. The lowest BCUT2D eigenvalue weighted by molar-refractivity contribution is -0.122. The first-order valence-corrected chi connectivity index (χ1v) is 8.59. The first-order chi connectivity index (χ1) is 10.9. The maximum atomic E-state index is 12.2. The second-order valence-corrected chi connectivity index (χ2v) is 7.00. The molecule has 2 aromatic rings. The van der Waals surface area contributed by atoms with Crippen molar-refractivity contribution in [2.45, 2.75) is 19.5 Å². The lowest BCUT2D eigenvalue weighted by Gasteiger charge is -2.19. The topological polar surface area (TPSA) is 32.3 Å². The van der Waals surface area contributed by atoms with Crippen molar-refractivity contribution in [3.63, 3.8) is 0 Å². The van der Waals surface area contributed by atoms with Gasteiger partial charge in [0.15, 0.2) is 0 Å². The Morgan fingerprint density at radius 3 is 2.61 bits per heavy atom. The van der Waals surface area contributed by atoms with Crippen molar-refractivity contribution in [3.05, 3.63) is 69.2 Å². The van der Waals surface area contributed by atoms with Gasteiger partial charge < -0.3 is 5.32 Å². The van der Waals surface area contributed by atoms with Crippen LogP contribution in [0.15, 0.2) is 53.0 Å². The quantitative estimate of drug-likeness (QED) is 0.785. The number of carbonyl (C=O) groups is 1. The molecule has 0 radical (unpaired) electrons. The van der Waals surface area contributed by atoms with Crippen LogP contribution in [0.1, 0.15) is 24.1 Å². The number of nitrogens with zero attached hydrogens (tertiary/aromatic N) is 1. The van der Waals surface area contributed by atoms with Crippen molar-refractivity contribution in [2.75, 3.05) is 13.6 Å². The van der Waals surface area contributed by atoms with Gasteiger partial charge in [-0.05, 0) is 49.4 Å². The van der Waals surface area contributed by atoms with Crippen LogP contribution in [-0.4, -0.2) is 24.4 Å². The number of halogens is 2. The first-order valence-electron chi connectivity index (χ1n) is 7.42. The SMILES string of the molecule is CC(NC(=O)CN(C)Cc1ccc(Br)cc1)c1cccc(Cl)c1. The van der Waals surface area contributed by atoms with E-state index in [4.69, 9.17) is 11.6 Å². The molecule has 2 aromatic carbocycles. The minimum Gasteiger partial charge on any atom is -0.348 e. The fourth-order valence-corrected chi connectivity index (χ4v) is 2.81. The summed E-state index contributed by atoms with van der Waals surface area (Å²) in [7, 11) is 1.94. The lowest BCUT2D eigenvalue weighted by Crippen LogP contribution is -2.36. The molecule has 1 atom stereocenters. The Labute approximate surface area is 150 Å². The smallest absolute Gasteiger partial charge is 0.234 e. The minimum absolute atomic E-state index is 0.00270. The van der Waals surface area contributed by atoms with Gasteiger partial charge in [-0.3, -0.25) is 9.69 Å². The fourth-order valence-electron chi connectivity index (χ4n) is 2.35. The van der Waals surface area contributed by atoms with Crippen LogP contribution in [0, 0.1) is 0 Å². The molecule has 1 unspecified atom stereocenters. The van der Waals surface area contributed by atoms with Gasteiger partial charge >= 0.3 is 0 Å². The molecule has 0 aliphatic heterocycles. The highest BCUT2D eigenvalue weighted by molar-refractivity contribution is 9.10. The molecule has 0 aromatic heterocycles. The van der Waals surface area contributed by atoms with Gasteiger partial charge in [-0.15, -0.1) is 0 Å². The first kappa shape index (κ1) is 18.0. The van der Waals surface area contributed by atoms with Gasteiger partial charge in [0.05, 0.1) is 12.6 Å². The predicted octanol–water partition coefficient (Wildman–Crippen LogP) is 4.41. The third-order valence-electron chi connectivity index (χ3n) is 3.51. The number of amides is 1. The van der Waals surface area contributed by atoms with Gasteiger partial charge in [-0.25, -0.2) is 0 Å². The Bertz CT molecular complexity index is 660. The number of likely N-dealkylation sites (N-methyl/N-ethyl adjacent to an activating group) is 1. The van der Waals surface area contributed by atoms with E-state index in [1.54, 1.807) is 0 Å². The molecule has 0 heterocycles. The molecule has 1 N–H and O–H groups in total. The molecule has 0 spiro atoms. The summed E-state index contributed by atoms with van der Waals surface area (Å²) in [6.45, 7) is 3.03. The molecule has 0 aliphatic rings. The van der Waals surface area contributed by atoms with Crippen molar-refractivity contribution in [1.82, 2.24) is 10.2 Å². The number of benzene rings is 2. The van der Waals surface area contributed by atoms with E-state index >= 15 is 0 Å². The summed E-state index contributed by atoms with van der Waals surface area (Å²) < 4.78 is 1.05. The van der Waals surface area contributed by atoms with E-state index in [0.29, 0.717) is 11.6 Å². The molecular formula is C18H20BrClN2O. The van der Waals surface area contributed by atoms with Crippen molar-refractivity contribution in [1.29, 1.82) is 0 Å². The van der Waals surface area contributed by atoms with Crippen molar-refractivity contribution in [2.24, 2.45) is 0 Å². The van der Waals surface area contributed by atoms with Gasteiger partial charge in [0.2, 0.25) is 5.91 Å². The standard InChI is InChI=1S/C18H20BrClN2O/c1-13(15-4-3-5-17(20)10-15)21-18(23)12-22(2)11-14-6-8-16(19)9-7-14/h3-10,13H,11-12H2,1-2H3,(H,21,23). The molecular weight excluding hydrogens is 376 g/mol. The molecule has 0 fully saturated rings. The number of hydrogen-bond acceptors (Lipinski definition) is 2. The maximum absolute atomic E-state index is 12.2. The summed E-state index contributed by atoms with van der Waals surface area (Å²) in [5, 5.41) is 3.68. The van der Waals surface area contributed by atoms with Crippen LogP contribution in [0.2, 0.25) is 5.02 Å². The molecule has 3 nitrogen and oxygen atoms in total. The van der Waals surface area contributed by atoms with Crippen LogP contribution >= 0.6 is 27.5 Å². The Morgan fingerprint density at radius 1 is 1.26 bits per heavy atom. The monoisotopic (exact) mass is 394 g/mol. The summed E-state index contributed by atoms with van der Waals surface area (Å²) in [4.78, 5) is 14.2. The number of rotatable bonds is 6. The van der Waals surface area contributed by atoms with Gasteiger partial charge in [0.25, 0.3) is 0 Å². The van der Waals surface area contributed by atoms with Gasteiger partial charge in [-0.1, -0.05) is 51.8 Å². The summed E-state index contributed by atoms with van der Waals surface area (Å²) in [6, 6.07) is 15.6. The average Bonchev–Trinajstić information content (AvgIpc) is 2.49. The fraction of sp³-hybridized carbons (Fsp3) is 0.278. The van der Waals surface area contributed by atoms with E-state index in [1.807, 2.05) is 67.4 Å². The molecule has 23 heavy (non-hydrogen) atoms. The van der Waals surface area contributed by atoms with E-state index in [1.165, 1.54) is 5.56 Å². The summed E-state index contributed by atoms with van der Waals surface area (Å²) >= 11 is 9.41. The molecule has 0 bridgehead atoms. The predicted molar refractivity (Wildman–Crippen MR) is 98.5 cm³/mol. The van der Waals surface area contributed by atoms with Crippen LogP contribution in [0.4, 0.5) is 0 Å². The summed E-state index contributed by atoms with van der Waals surface area (Å²) in [6.07, 6.45) is 0. The third kappa shape index (κ3) is 5.98. The van der Waals surface area contributed by atoms with Crippen LogP contribution in [0.3, 0.4) is 0 Å². The zero-order valence-corrected chi connectivity index (χ0v) is 15.6. The van der Waals surface area contributed by atoms with E-state index in [0.717, 1.165) is 16.6 Å². The normalized spacial score (nSPS) is 12.2. The second kappa shape index (κ2) is 8.48. The zero-order valence-electron chi connectivity index (χ0n) is 13.2.